The Hall–Kier alpha value is -4.49. The number of benzene rings is 2. The maximum absolute atomic E-state index is 16.4. The van der Waals surface area contributed by atoms with Crippen molar-refractivity contribution in [2.45, 2.75) is 51.3 Å². The minimum absolute atomic E-state index is 0.0240. The van der Waals surface area contributed by atoms with Crippen molar-refractivity contribution in [1.82, 2.24) is 19.9 Å². The number of aromatic nitrogens is 3. The number of methoxy groups -OCH3 is 1. The molecule has 42 heavy (non-hydrogen) atoms. The second kappa shape index (κ2) is 10.7. The van der Waals surface area contributed by atoms with E-state index in [-0.39, 0.29) is 36.2 Å². The molecular formula is C32H32FN5O4. The van der Waals surface area contributed by atoms with Gasteiger partial charge in [-0.15, -0.1) is 6.42 Å². The first-order valence-corrected chi connectivity index (χ1v) is 13.9. The number of nitrogens with zero attached hydrogens (tertiary/aromatic N) is 5. The number of pyridine rings is 1. The fourth-order valence-corrected chi connectivity index (χ4v) is 6.02. The molecule has 216 valence electrons. The van der Waals surface area contributed by atoms with E-state index in [0.717, 1.165) is 18.2 Å². The van der Waals surface area contributed by atoms with Gasteiger partial charge in [0.2, 0.25) is 0 Å². The van der Waals surface area contributed by atoms with E-state index in [2.05, 4.69) is 25.8 Å². The van der Waals surface area contributed by atoms with Crippen LogP contribution >= 0.6 is 0 Å². The summed E-state index contributed by atoms with van der Waals surface area (Å²) in [6, 6.07) is 9.06. The lowest BCUT2D eigenvalue weighted by Crippen LogP contribution is -2.57. The number of terminal acetylenes is 1. The minimum Gasteiger partial charge on any atom is -0.468 e. The van der Waals surface area contributed by atoms with Crippen molar-refractivity contribution in [1.29, 1.82) is 0 Å². The predicted octanol–water partition coefficient (Wildman–Crippen LogP) is 5.54. The number of hydrogen-bond donors (Lipinski definition) is 0. The number of piperazine rings is 1. The molecule has 2 fully saturated rings. The van der Waals surface area contributed by atoms with Crippen molar-refractivity contribution in [2.24, 2.45) is 0 Å². The molecule has 2 aromatic heterocycles. The highest BCUT2D eigenvalue weighted by Crippen LogP contribution is 2.39. The molecule has 0 N–H and O–H groups in total. The first kappa shape index (κ1) is 27.7. The fraction of sp³-hybridized carbons (Fsp3) is 0.375. The molecule has 2 aliphatic rings. The van der Waals surface area contributed by atoms with E-state index in [1.807, 2.05) is 49.9 Å². The molecule has 2 unspecified atom stereocenters. The van der Waals surface area contributed by atoms with Crippen molar-refractivity contribution >= 4 is 33.6 Å². The zero-order valence-electron chi connectivity index (χ0n) is 24.1. The molecule has 2 aromatic carbocycles. The van der Waals surface area contributed by atoms with Crippen LogP contribution in [0.4, 0.5) is 15.0 Å². The molecule has 2 bridgehead atoms. The molecule has 0 radical (unpaired) electrons. The van der Waals surface area contributed by atoms with Crippen LogP contribution in [0.5, 0.6) is 5.75 Å². The third-order valence-corrected chi connectivity index (χ3v) is 7.69. The zero-order valence-corrected chi connectivity index (χ0v) is 24.1. The molecule has 2 aliphatic heterocycles. The van der Waals surface area contributed by atoms with Gasteiger partial charge in [0.25, 0.3) is 0 Å². The summed E-state index contributed by atoms with van der Waals surface area (Å²) in [5.41, 5.74) is 0.803. The average molecular weight is 570 g/mol. The Morgan fingerprint density at radius 3 is 2.60 bits per heavy atom. The molecule has 6 rings (SSSR count). The van der Waals surface area contributed by atoms with E-state index in [1.54, 1.807) is 12.3 Å². The second-order valence-corrected chi connectivity index (χ2v) is 11.6. The van der Waals surface area contributed by atoms with Crippen molar-refractivity contribution in [3.63, 3.8) is 0 Å². The molecule has 4 heterocycles. The molecule has 9 nitrogen and oxygen atoms in total. The van der Waals surface area contributed by atoms with Crippen LogP contribution in [0.25, 0.3) is 32.9 Å². The van der Waals surface area contributed by atoms with Gasteiger partial charge in [0, 0.05) is 42.9 Å². The highest BCUT2D eigenvalue weighted by atomic mass is 19.1. The molecule has 0 aliphatic carbocycles. The van der Waals surface area contributed by atoms with Gasteiger partial charge in [-0.1, -0.05) is 18.1 Å². The molecule has 10 heteroatoms. The molecule has 1 amide bonds. The molecule has 0 saturated carbocycles. The van der Waals surface area contributed by atoms with Gasteiger partial charge in [-0.3, -0.25) is 9.88 Å². The van der Waals surface area contributed by atoms with Crippen LogP contribution in [0.2, 0.25) is 0 Å². The maximum Gasteiger partial charge on any atom is 0.410 e. The number of hydrogen-bond acceptors (Lipinski definition) is 8. The van der Waals surface area contributed by atoms with Crippen molar-refractivity contribution in [3.05, 3.63) is 54.2 Å². The quantitative estimate of drug-likeness (QED) is 0.229. The van der Waals surface area contributed by atoms with Gasteiger partial charge in [-0.2, -0.15) is 0 Å². The fourth-order valence-electron chi connectivity index (χ4n) is 6.02. The van der Waals surface area contributed by atoms with Gasteiger partial charge in [0.1, 0.15) is 34.7 Å². The number of fused-ring (bicyclic) bond motifs is 4. The Balaban J connectivity index is 1.39. The van der Waals surface area contributed by atoms with Crippen molar-refractivity contribution in [3.8, 4) is 29.4 Å². The first-order chi connectivity index (χ1) is 20.2. The summed E-state index contributed by atoms with van der Waals surface area (Å²) < 4.78 is 32.8. The number of amides is 1. The Labute approximate surface area is 243 Å². The van der Waals surface area contributed by atoms with Gasteiger partial charge in [0.05, 0.1) is 17.5 Å². The summed E-state index contributed by atoms with van der Waals surface area (Å²) in [6.45, 7) is 6.74. The van der Waals surface area contributed by atoms with Crippen LogP contribution < -0.4 is 9.64 Å². The first-order valence-electron chi connectivity index (χ1n) is 13.9. The van der Waals surface area contributed by atoms with Gasteiger partial charge in [0.15, 0.2) is 12.6 Å². The molecule has 0 spiro atoms. The number of rotatable bonds is 5. The van der Waals surface area contributed by atoms with Crippen LogP contribution in [-0.2, 0) is 9.47 Å². The Bertz CT molecular complexity index is 1720. The lowest BCUT2D eigenvalue weighted by molar-refractivity contribution is 0.0123. The van der Waals surface area contributed by atoms with Crippen LogP contribution in [0, 0.1) is 18.2 Å². The van der Waals surface area contributed by atoms with E-state index < -0.39 is 11.4 Å². The van der Waals surface area contributed by atoms with E-state index in [1.165, 1.54) is 13.4 Å². The topological polar surface area (TPSA) is 89.9 Å². The minimum atomic E-state index is -0.580. The van der Waals surface area contributed by atoms with Gasteiger partial charge >= 0.3 is 6.09 Å². The predicted molar refractivity (Wildman–Crippen MR) is 158 cm³/mol. The van der Waals surface area contributed by atoms with Gasteiger partial charge in [-0.25, -0.2) is 19.2 Å². The molecule has 2 atom stereocenters. The summed E-state index contributed by atoms with van der Waals surface area (Å²) in [6.07, 6.45) is 10.2. The van der Waals surface area contributed by atoms with E-state index in [9.17, 15) is 4.79 Å². The van der Waals surface area contributed by atoms with Crippen LogP contribution in [0.3, 0.4) is 0 Å². The van der Waals surface area contributed by atoms with E-state index >= 15 is 4.39 Å². The Morgan fingerprint density at radius 2 is 1.90 bits per heavy atom. The second-order valence-electron chi connectivity index (χ2n) is 11.6. The third-order valence-electron chi connectivity index (χ3n) is 7.69. The number of halogens is 1. The summed E-state index contributed by atoms with van der Waals surface area (Å²) in [5.74, 6) is 3.21. The number of ether oxygens (including phenoxy) is 3. The Kier molecular flexibility index (Phi) is 7.07. The van der Waals surface area contributed by atoms with Crippen molar-refractivity contribution in [2.75, 3.05) is 31.9 Å². The smallest absolute Gasteiger partial charge is 0.410 e. The van der Waals surface area contributed by atoms with Crippen LogP contribution in [0.1, 0.15) is 39.2 Å². The van der Waals surface area contributed by atoms with Crippen molar-refractivity contribution < 1.29 is 23.4 Å². The van der Waals surface area contributed by atoms with E-state index in [4.69, 9.17) is 20.6 Å². The lowest BCUT2D eigenvalue weighted by Gasteiger charge is -2.42. The number of carbonyl (C=O) groups is 1. The summed E-state index contributed by atoms with van der Waals surface area (Å²) >= 11 is 0. The lowest BCUT2D eigenvalue weighted by atomic mass is 9.96. The molecular weight excluding hydrogens is 537 g/mol. The highest BCUT2D eigenvalue weighted by molar-refractivity contribution is 6.02. The number of carbonyl (C=O) groups excluding carboxylic acids is 1. The standard InChI is InChI=1S/C32H32FN5O4/c1-6-19-8-7-9-20-12-23(41-18-40-5)13-24(26(19)20)28-27(33)29-25(14-34-28)30(36-17-35-29)37-15-21-10-11-22(16-37)38(21)31(39)42-32(2,3)4/h1,7-9,12-14,17,21-22H,10-11,15-16,18H2,2-5H3. The van der Waals surface area contributed by atoms with E-state index in [0.29, 0.717) is 46.6 Å². The average Bonchev–Trinajstić information content (AvgIpc) is 3.24. The maximum atomic E-state index is 16.4. The van der Waals surface area contributed by atoms with Crippen LogP contribution in [0.15, 0.2) is 42.9 Å². The summed E-state index contributed by atoms with van der Waals surface area (Å²) in [7, 11) is 1.53. The Morgan fingerprint density at radius 1 is 1.14 bits per heavy atom. The summed E-state index contributed by atoms with van der Waals surface area (Å²) in [5, 5.41) is 1.98. The van der Waals surface area contributed by atoms with Crippen LogP contribution in [-0.4, -0.2) is 70.6 Å². The third kappa shape index (κ3) is 4.94. The van der Waals surface area contributed by atoms with Gasteiger partial charge < -0.3 is 19.1 Å². The normalized spacial score (nSPS) is 18.4. The molecule has 2 saturated heterocycles. The highest BCUT2D eigenvalue weighted by Gasteiger charge is 2.45. The zero-order chi connectivity index (χ0) is 29.6. The largest absolute Gasteiger partial charge is 0.468 e. The number of anilines is 1. The summed E-state index contributed by atoms with van der Waals surface area (Å²) in [4.78, 5) is 30.4. The van der Waals surface area contributed by atoms with Gasteiger partial charge in [-0.05, 0) is 57.2 Å². The SMILES string of the molecule is C#Cc1cccc2cc(OCOC)cc(-c3ncc4c(N5CC6CCC(C5)N6C(=O)OC(C)(C)C)ncnc4c3F)c12. The monoisotopic (exact) mass is 569 g/mol. The molecule has 4 aromatic rings.